The Morgan fingerprint density at radius 1 is 1.17 bits per heavy atom. The van der Waals surface area contributed by atoms with Crippen LogP contribution in [0.2, 0.25) is 0 Å². The van der Waals surface area contributed by atoms with Crippen molar-refractivity contribution in [3.63, 3.8) is 0 Å². The normalized spacial score (nSPS) is 10.8. The molecule has 3 aromatic rings. The molecule has 0 radical (unpaired) electrons. The lowest BCUT2D eigenvalue weighted by Gasteiger charge is -2.15. The summed E-state index contributed by atoms with van der Waals surface area (Å²) in [6.45, 7) is 4.54. The van der Waals surface area contributed by atoms with E-state index in [0.717, 1.165) is 34.1 Å². The molecule has 0 aliphatic carbocycles. The number of nitrogens with one attached hydrogen (secondary N) is 1. The molecule has 7 nitrogen and oxygen atoms in total. The smallest absolute Gasteiger partial charge is 0.254 e. The zero-order chi connectivity index (χ0) is 16.4. The molecule has 0 unspecified atom stereocenters. The van der Waals surface area contributed by atoms with Gasteiger partial charge in [0.05, 0.1) is 14.2 Å². The lowest BCUT2D eigenvalue weighted by Crippen LogP contribution is -2.10. The van der Waals surface area contributed by atoms with E-state index in [9.17, 15) is 0 Å². The molecular formula is C16H19N5O2. The van der Waals surface area contributed by atoms with Gasteiger partial charge in [-0.25, -0.2) is 4.98 Å². The van der Waals surface area contributed by atoms with Gasteiger partial charge in [0.25, 0.3) is 5.78 Å². The van der Waals surface area contributed by atoms with Crippen LogP contribution in [0.4, 0.5) is 5.82 Å². The van der Waals surface area contributed by atoms with Crippen molar-refractivity contribution in [1.29, 1.82) is 0 Å². The highest BCUT2D eigenvalue weighted by molar-refractivity contribution is 5.53. The molecule has 0 atom stereocenters. The van der Waals surface area contributed by atoms with E-state index in [4.69, 9.17) is 9.47 Å². The minimum atomic E-state index is 0.569. The highest BCUT2D eigenvalue weighted by atomic mass is 16.5. The first kappa shape index (κ1) is 15.1. The van der Waals surface area contributed by atoms with E-state index in [0.29, 0.717) is 12.3 Å². The summed E-state index contributed by atoms with van der Waals surface area (Å²) in [7, 11) is 3.30. The Morgan fingerprint density at radius 3 is 2.74 bits per heavy atom. The number of hydrogen-bond acceptors (Lipinski definition) is 6. The summed E-state index contributed by atoms with van der Waals surface area (Å²) in [5, 5.41) is 7.64. The quantitative estimate of drug-likeness (QED) is 0.779. The van der Waals surface area contributed by atoms with Crippen molar-refractivity contribution in [2.45, 2.75) is 20.4 Å². The zero-order valence-electron chi connectivity index (χ0n) is 13.6. The predicted octanol–water partition coefficient (Wildman–Crippen LogP) is 2.37. The SMILES string of the molecule is COc1ccc(OC)c(CNc2c(C)c(C)nc3ncnn23)c1. The maximum absolute atomic E-state index is 5.42. The number of aromatic nitrogens is 4. The summed E-state index contributed by atoms with van der Waals surface area (Å²) in [6, 6.07) is 5.72. The topological polar surface area (TPSA) is 73.6 Å². The van der Waals surface area contributed by atoms with E-state index >= 15 is 0 Å². The summed E-state index contributed by atoms with van der Waals surface area (Å²) in [5.74, 6) is 3.04. The van der Waals surface area contributed by atoms with Gasteiger partial charge in [0.1, 0.15) is 23.6 Å². The molecule has 120 valence electrons. The first-order valence-electron chi connectivity index (χ1n) is 7.25. The summed E-state index contributed by atoms with van der Waals surface area (Å²) in [4.78, 5) is 8.57. The van der Waals surface area contributed by atoms with Crippen LogP contribution in [-0.2, 0) is 6.54 Å². The van der Waals surface area contributed by atoms with Crippen LogP contribution in [0.25, 0.3) is 5.78 Å². The van der Waals surface area contributed by atoms with Gasteiger partial charge in [-0.05, 0) is 32.0 Å². The fraction of sp³-hybridized carbons (Fsp3) is 0.312. The number of fused-ring (bicyclic) bond motifs is 1. The van der Waals surface area contributed by atoms with Crippen LogP contribution in [-0.4, -0.2) is 33.8 Å². The predicted molar refractivity (Wildman–Crippen MR) is 87.1 cm³/mol. The van der Waals surface area contributed by atoms with Crippen LogP contribution in [0.5, 0.6) is 11.5 Å². The average molecular weight is 313 g/mol. The molecule has 0 bridgehead atoms. The van der Waals surface area contributed by atoms with Gasteiger partial charge in [-0.15, -0.1) is 0 Å². The molecule has 0 saturated carbocycles. The number of ether oxygens (including phenoxy) is 2. The number of hydrogen-bond donors (Lipinski definition) is 1. The van der Waals surface area contributed by atoms with Crippen molar-refractivity contribution in [1.82, 2.24) is 19.6 Å². The van der Waals surface area contributed by atoms with Gasteiger partial charge in [0.2, 0.25) is 0 Å². The van der Waals surface area contributed by atoms with E-state index in [1.54, 1.807) is 18.7 Å². The third-order valence-corrected chi connectivity index (χ3v) is 3.84. The standard InChI is InChI=1S/C16H19N5O2/c1-10-11(2)20-16-18-9-19-21(16)15(10)17-8-12-7-13(22-3)5-6-14(12)23-4/h5-7,9,17H,8H2,1-4H3. The fourth-order valence-corrected chi connectivity index (χ4v) is 2.44. The van der Waals surface area contributed by atoms with Gasteiger partial charge >= 0.3 is 0 Å². The van der Waals surface area contributed by atoms with Gasteiger partial charge in [-0.2, -0.15) is 14.6 Å². The third kappa shape index (κ3) is 2.77. The maximum Gasteiger partial charge on any atom is 0.254 e. The molecule has 0 amide bonds. The van der Waals surface area contributed by atoms with Gasteiger partial charge < -0.3 is 14.8 Å². The molecule has 2 aromatic heterocycles. The highest BCUT2D eigenvalue weighted by Crippen LogP contribution is 2.26. The van der Waals surface area contributed by atoms with Crippen molar-refractivity contribution in [3.8, 4) is 11.5 Å². The number of nitrogens with zero attached hydrogens (tertiary/aromatic N) is 4. The van der Waals surface area contributed by atoms with E-state index in [1.807, 2.05) is 32.0 Å². The Kier molecular flexibility index (Phi) is 4.01. The van der Waals surface area contributed by atoms with Crippen LogP contribution >= 0.6 is 0 Å². The van der Waals surface area contributed by atoms with Crippen LogP contribution < -0.4 is 14.8 Å². The zero-order valence-corrected chi connectivity index (χ0v) is 13.6. The van der Waals surface area contributed by atoms with E-state index in [-0.39, 0.29) is 0 Å². The first-order chi connectivity index (χ1) is 11.1. The Morgan fingerprint density at radius 2 is 2.00 bits per heavy atom. The molecule has 7 heteroatoms. The molecule has 1 aromatic carbocycles. The molecule has 0 aliphatic rings. The van der Waals surface area contributed by atoms with Gasteiger partial charge in [0.15, 0.2) is 0 Å². The van der Waals surface area contributed by atoms with Crippen molar-refractivity contribution in [3.05, 3.63) is 41.3 Å². The Balaban J connectivity index is 1.95. The molecule has 0 fully saturated rings. The van der Waals surface area contributed by atoms with Crippen molar-refractivity contribution in [2.24, 2.45) is 0 Å². The second-order valence-electron chi connectivity index (χ2n) is 5.17. The molecule has 0 saturated heterocycles. The van der Waals surface area contributed by atoms with Crippen LogP contribution in [0.3, 0.4) is 0 Å². The summed E-state index contributed by atoms with van der Waals surface area (Å²) < 4.78 is 12.4. The first-order valence-corrected chi connectivity index (χ1v) is 7.25. The Bertz CT molecular complexity index is 844. The second kappa shape index (κ2) is 6.12. The number of methoxy groups -OCH3 is 2. The molecule has 23 heavy (non-hydrogen) atoms. The monoisotopic (exact) mass is 313 g/mol. The van der Waals surface area contributed by atoms with Gasteiger partial charge in [-0.1, -0.05) is 0 Å². The van der Waals surface area contributed by atoms with Crippen LogP contribution in [0.1, 0.15) is 16.8 Å². The van der Waals surface area contributed by atoms with Gasteiger partial charge in [0, 0.05) is 23.4 Å². The molecular weight excluding hydrogens is 294 g/mol. The van der Waals surface area contributed by atoms with Gasteiger partial charge in [-0.3, -0.25) is 0 Å². The minimum absolute atomic E-state index is 0.569. The number of rotatable bonds is 5. The molecule has 2 heterocycles. The van der Waals surface area contributed by atoms with E-state index in [2.05, 4.69) is 20.4 Å². The molecule has 0 spiro atoms. The number of aryl methyl sites for hydroxylation is 1. The van der Waals surface area contributed by atoms with E-state index < -0.39 is 0 Å². The minimum Gasteiger partial charge on any atom is -0.497 e. The number of benzene rings is 1. The van der Waals surface area contributed by atoms with Crippen molar-refractivity contribution >= 4 is 11.6 Å². The lowest BCUT2D eigenvalue weighted by atomic mass is 10.1. The summed E-state index contributed by atoms with van der Waals surface area (Å²) in [5.41, 5.74) is 2.95. The van der Waals surface area contributed by atoms with Crippen LogP contribution in [0, 0.1) is 13.8 Å². The molecule has 3 rings (SSSR count). The Labute approximate surface area is 134 Å². The Hall–Kier alpha value is -2.83. The maximum atomic E-state index is 5.42. The highest BCUT2D eigenvalue weighted by Gasteiger charge is 2.12. The lowest BCUT2D eigenvalue weighted by molar-refractivity contribution is 0.399. The average Bonchev–Trinajstić information content (AvgIpc) is 3.02. The molecule has 0 aliphatic heterocycles. The van der Waals surface area contributed by atoms with Crippen LogP contribution in [0.15, 0.2) is 24.5 Å². The largest absolute Gasteiger partial charge is 0.497 e. The molecule has 1 N–H and O–H groups in total. The summed E-state index contributed by atoms with van der Waals surface area (Å²) in [6.07, 6.45) is 1.50. The number of anilines is 1. The van der Waals surface area contributed by atoms with E-state index in [1.165, 1.54) is 6.33 Å². The second-order valence-corrected chi connectivity index (χ2v) is 5.17. The van der Waals surface area contributed by atoms with Crippen molar-refractivity contribution < 1.29 is 9.47 Å². The van der Waals surface area contributed by atoms with Crippen molar-refractivity contribution in [2.75, 3.05) is 19.5 Å². The summed E-state index contributed by atoms with van der Waals surface area (Å²) >= 11 is 0. The third-order valence-electron chi connectivity index (χ3n) is 3.84. The fourth-order valence-electron chi connectivity index (χ4n) is 2.44.